The lowest BCUT2D eigenvalue weighted by atomic mass is 10.2. The number of nitriles is 1. The predicted molar refractivity (Wildman–Crippen MR) is 78.2 cm³/mol. The summed E-state index contributed by atoms with van der Waals surface area (Å²) in [4.78, 5) is 0.904. The van der Waals surface area contributed by atoms with Crippen LogP contribution >= 0.6 is 11.8 Å². The number of thioether (sulfide) groups is 1. The van der Waals surface area contributed by atoms with Gasteiger partial charge in [0.2, 0.25) is 0 Å². The van der Waals surface area contributed by atoms with E-state index in [0.717, 1.165) is 17.0 Å². The monoisotopic (exact) mass is 296 g/mol. The molecule has 1 saturated heterocycles. The summed E-state index contributed by atoms with van der Waals surface area (Å²) in [6, 6.07) is 7.76. The lowest BCUT2D eigenvalue weighted by molar-refractivity contribution is 0.591. The molecule has 0 bridgehead atoms. The van der Waals surface area contributed by atoms with Gasteiger partial charge in [0.05, 0.1) is 22.3 Å². The molecule has 1 aromatic rings. The molecule has 0 aliphatic carbocycles. The molecule has 1 unspecified atom stereocenters. The van der Waals surface area contributed by atoms with Gasteiger partial charge in [-0.1, -0.05) is 6.07 Å². The third-order valence-corrected chi connectivity index (χ3v) is 6.40. The molecule has 102 valence electrons. The molecule has 0 radical (unpaired) electrons. The summed E-state index contributed by atoms with van der Waals surface area (Å²) in [5.41, 5.74) is 1.31. The number of rotatable bonds is 4. The van der Waals surface area contributed by atoms with E-state index in [1.54, 1.807) is 0 Å². The van der Waals surface area contributed by atoms with Crippen LogP contribution in [0.2, 0.25) is 0 Å². The fraction of sp³-hybridized carbons (Fsp3) is 0.462. The van der Waals surface area contributed by atoms with E-state index in [9.17, 15) is 13.7 Å². The molecule has 19 heavy (non-hydrogen) atoms. The fourth-order valence-electron chi connectivity index (χ4n) is 2.28. The van der Waals surface area contributed by atoms with Crippen LogP contribution in [0.1, 0.15) is 18.4 Å². The van der Waals surface area contributed by atoms with Gasteiger partial charge in [0.15, 0.2) is 9.84 Å². The number of hydrogen-bond acceptors (Lipinski definition) is 5. The molecule has 1 N–H and O–H groups in total. The molecule has 1 aliphatic heterocycles. The second-order valence-corrected chi connectivity index (χ2v) is 7.76. The minimum Gasteiger partial charge on any atom is -0.383 e. The number of anilines is 1. The number of nitrogens with one attached hydrogen (secondary N) is 1. The highest BCUT2D eigenvalue weighted by atomic mass is 32.2. The van der Waals surface area contributed by atoms with Gasteiger partial charge in [-0.3, -0.25) is 0 Å². The van der Waals surface area contributed by atoms with Gasteiger partial charge in [-0.15, -0.1) is 11.8 Å². The van der Waals surface area contributed by atoms with Crippen molar-refractivity contribution < 1.29 is 8.42 Å². The molecule has 0 amide bonds. The highest BCUT2D eigenvalue weighted by Gasteiger charge is 2.30. The first kappa shape index (κ1) is 14.2. The average molecular weight is 296 g/mol. The molecule has 0 spiro atoms. The van der Waals surface area contributed by atoms with Crippen molar-refractivity contribution in [1.29, 1.82) is 5.26 Å². The second-order valence-electron chi connectivity index (χ2n) is 4.51. The Hall–Kier alpha value is -1.19. The van der Waals surface area contributed by atoms with Gasteiger partial charge in [0.1, 0.15) is 6.07 Å². The van der Waals surface area contributed by atoms with Gasteiger partial charge < -0.3 is 5.32 Å². The van der Waals surface area contributed by atoms with E-state index in [1.807, 2.05) is 24.5 Å². The maximum atomic E-state index is 11.8. The largest absolute Gasteiger partial charge is 0.383 e. The lowest BCUT2D eigenvalue weighted by Crippen LogP contribution is -2.25. The number of benzene rings is 1. The summed E-state index contributed by atoms with van der Waals surface area (Å²) in [7, 11) is -2.94. The maximum absolute atomic E-state index is 11.8. The van der Waals surface area contributed by atoms with Crippen molar-refractivity contribution in [3.8, 4) is 6.07 Å². The lowest BCUT2D eigenvalue weighted by Gasteiger charge is -2.14. The minimum absolute atomic E-state index is 0.287. The van der Waals surface area contributed by atoms with Crippen LogP contribution in [-0.2, 0) is 9.84 Å². The van der Waals surface area contributed by atoms with Crippen molar-refractivity contribution in [2.45, 2.75) is 23.0 Å². The van der Waals surface area contributed by atoms with Gasteiger partial charge in [0, 0.05) is 11.4 Å². The Bertz CT molecular complexity index is 606. The van der Waals surface area contributed by atoms with Crippen molar-refractivity contribution in [1.82, 2.24) is 0 Å². The van der Waals surface area contributed by atoms with Crippen LogP contribution in [0.4, 0.5) is 5.69 Å². The predicted octanol–water partition coefficient (Wildman–Crippen LogP) is 2.27. The fourth-order valence-corrected chi connectivity index (χ4v) is 4.61. The SMILES string of the molecule is CSc1cccc(NCC2CCCS2(=O)=O)c1C#N. The molecule has 1 heterocycles. The van der Waals surface area contributed by atoms with E-state index in [4.69, 9.17) is 0 Å². The molecule has 2 rings (SSSR count). The molecular weight excluding hydrogens is 280 g/mol. The maximum Gasteiger partial charge on any atom is 0.154 e. The zero-order valence-electron chi connectivity index (χ0n) is 10.7. The first-order valence-corrected chi connectivity index (χ1v) is 9.05. The number of sulfone groups is 1. The smallest absolute Gasteiger partial charge is 0.154 e. The molecular formula is C13H16N2O2S2. The van der Waals surface area contributed by atoms with E-state index in [1.165, 1.54) is 11.8 Å². The Morgan fingerprint density at radius 1 is 1.53 bits per heavy atom. The van der Waals surface area contributed by atoms with Gasteiger partial charge in [-0.25, -0.2) is 8.42 Å². The van der Waals surface area contributed by atoms with Crippen LogP contribution in [0, 0.1) is 11.3 Å². The topological polar surface area (TPSA) is 70.0 Å². The molecule has 1 fully saturated rings. The van der Waals surface area contributed by atoms with E-state index < -0.39 is 9.84 Å². The van der Waals surface area contributed by atoms with Crippen LogP contribution in [0.25, 0.3) is 0 Å². The van der Waals surface area contributed by atoms with E-state index in [2.05, 4.69) is 11.4 Å². The van der Waals surface area contributed by atoms with Crippen LogP contribution in [-0.4, -0.2) is 32.2 Å². The second kappa shape index (κ2) is 5.85. The summed E-state index contributed by atoms with van der Waals surface area (Å²) in [5.74, 6) is 0.287. The molecule has 1 atom stereocenters. The van der Waals surface area contributed by atoms with Gasteiger partial charge in [-0.2, -0.15) is 5.26 Å². The standard InChI is InChI=1S/C13H16N2O2S2/c1-18-13-6-2-5-12(11(13)8-14)15-9-10-4-3-7-19(10,16)17/h2,5-6,10,15H,3-4,7,9H2,1H3. The van der Waals surface area contributed by atoms with E-state index >= 15 is 0 Å². The van der Waals surface area contributed by atoms with Crippen molar-refractivity contribution in [3.63, 3.8) is 0 Å². The summed E-state index contributed by atoms with van der Waals surface area (Å²) < 4.78 is 23.5. The summed E-state index contributed by atoms with van der Waals surface area (Å²) >= 11 is 1.51. The minimum atomic E-state index is -2.94. The zero-order chi connectivity index (χ0) is 13.9. The van der Waals surface area contributed by atoms with Crippen molar-refractivity contribution in [2.24, 2.45) is 0 Å². The Balaban J connectivity index is 2.14. The van der Waals surface area contributed by atoms with Crippen molar-refractivity contribution >= 4 is 27.3 Å². The summed E-state index contributed by atoms with van der Waals surface area (Å²) in [6.07, 6.45) is 3.37. The quantitative estimate of drug-likeness (QED) is 0.863. The van der Waals surface area contributed by atoms with Crippen LogP contribution in [0.5, 0.6) is 0 Å². The van der Waals surface area contributed by atoms with Gasteiger partial charge in [-0.05, 0) is 31.2 Å². The van der Waals surface area contributed by atoms with E-state index in [-0.39, 0.29) is 11.0 Å². The number of nitrogens with zero attached hydrogens (tertiary/aromatic N) is 1. The normalized spacial score (nSPS) is 20.9. The molecule has 4 nitrogen and oxygen atoms in total. The number of hydrogen-bond donors (Lipinski definition) is 1. The zero-order valence-corrected chi connectivity index (χ0v) is 12.4. The van der Waals surface area contributed by atoms with Crippen molar-refractivity contribution in [3.05, 3.63) is 23.8 Å². The average Bonchev–Trinajstić information content (AvgIpc) is 2.74. The summed E-state index contributed by atoms with van der Waals surface area (Å²) in [5, 5.41) is 12.0. The third-order valence-electron chi connectivity index (χ3n) is 3.34. The molecule has 6 heteroatoms. The van der Waals surface area contributed by atoms with Gasteiger partial charge in [0.25, 0.3) is 0 Å². The molecule has 0 saturated carbocycles. The Morgan fingerprint density at radius 3 is 2.89 bits per heavy atom. The molecule has 0 aromatic heterocycles. The first-order chi connectivity index (χ1) is 9.08. The van der Waals surface area contributed by atoms with Crippen LogP contribution in [0.3, 0.4) is 0 Å². The third kappa shape index (κ3) is 3.04. The highest BCUT2D eigenvalue weighted by Crippen LogP contribution is 2.27. The van der Waals surface area contributed by atoms with E-state index in [0.29, 0.717) is 18.5 Å². The Kier molecular flexibility index (Phi) is 4.38. The molecule has 1 aliphatic rings. The highest BCUT2D eigenvalue weighted by molar-refractivity contribution is 7.98. The van der Waals surface area contributed by atoms with Crippen LogP contribution in [0.15, 0.2) is 23.1 Å². The van der Waals surface area contributed by atoms with Crippen molar-refractivity contribution in [2.75, 3.05) is 23.9 Å². The van der Waals surface area contributed by atoms with Gasteiger partial charge >= 0.3 is 0 Å². The Labute approximate surface area is 118 Å². The summed E-state index contributed by atoms with van der Waals surface area (Å²) in [6.45, 7) is 0.384. The van der Waals surface area contributed by atoms with Crippen LogP contribution < -0.4 is 5.32 Å². The Morgan fingerprint density at radius 2 is 2.32 bits per heavy atom. The molecule has 1 aromatic carbocycles. The first-order valence-electron chi connectivity index (χ1n) is 6.11.